The first-order chi connectivity index (χ1) is 14.8. The van der Waals surface area contributed by atoms with E-state index in [2.05, 4.69) is 35.9 Å². The van der Waals surface area contributed by atoms with Crippen LogP contribution in [0.1, 0.15) is 36.1 Å². The van der Waals surface area contributed by atoms with Crippen LogP contribution in [0.25, 0.3) is 0 Å². The van der Waals surface area contributed by atoms with Gasteiger partial charge in [-0.05, 0) is 36.5 Å². The normalized spacial score (nSPS) is 23.3. The number of fused-ring (bicyclic) bond motifs is 1. The third-order valence-corrected chi connectivity index (χ3v) is 9.14. The first-order valence-electron chi connectivity index (χ1n) is 10.8. The van der Waals surface area contributed by atoms with Crippen molar-refractivity contribution in [2.75, 3.05) is 16.4 Å². The molecule has 0 N–H and O–H groups in total. The summed E-state index contributed by atoms with van der Waals surface area (Å²) in [6, 6.07) is 13.9. The average molecular weight is 457 g/mol. The number of aliphatic imine (C=N–C) groups is 1. The van der Waals surface area contributed by atoms with Crippen LogP contribution in [0.3, 0.4) is 0 Å². The Balaban J connectivity index is 1.74. The van der Waals surface area contributed by atoms with E-state index < -0.39 is 9.84 Å². The number of thioether (sulfide) groups is 1. The number of aryl methyl sites for hydroxylation is 3. The zero-order chi connectivity index (χ0) is 22.2. The number of nitrogens with zero attached hydrogens (tertiary/aromatic N) is 2. The minimum atomic E-state index is -3.09. The van der Waals surface area contributed by atoms with Crippen LogP contribution in [-0.2, 0) is 33.9 Å². The molecule has 0 spiro atoms. The van der Waals surface area contributed by atoms with Gasteiger partial charge in [0.2, 0.25) is 0 Å². The number of para-hydroxylation sites is 1. The Kier molecular flexibility index (Phi) is 6.26. The van der Waals surface area contributed by atoms with Gasteiger partial charge < -0.3 is 4.90 Å². The summed E-state index contributed by atoms with van der Waals surface area (Å²) < 4.78 is 24.8. The van der Waals surface area contributed by atoms with E-state index >= 15 is 0 Å². The quantitative estimate of drug-likeness (QED) is 0.681. The number of amides is 1. The maximum atomic E-state index is 12.9. The van der Waals surface area contributed by atoms with E-state index in [9.17, 15) is 13.2 Å². The van der Waals surface area contributed by atoms with E-state index in [1.165, 1.54) is 11.8 Å². The first kappa shape index (κ1) is 22.1. The fraction of sp³-hybridized carbons (Fsp3) is 0.417. The number of amidine groups is 1. The van der Waals surface area contributed by atoms with Gasteiger partial charge in [0.15, 0.2) is 15.0 Å². The predicted octanol–water partition coefficient (Wildman–Crippen LogP) is 3.96. The molecule has 2 fully saturated rings. The molecular formula is C24H28N2O3S2. The summed E-state index contributed by atoms with van der Waals surface area (Å²) in [5.74, 6) is 0.0457. The van der Waals surface area contributed by atoms with Crippen molar-refractivity contribution in [2.45, 2.75) is 51.3 Å². The molecule has 2 aromatic rings. The van der Waals surface area contributed by atoms with Gasteiger partial charge in [-0.25, -0.2) is 8.42 Å². The second-order valence-electron chi connectivity index (χ2n) is 8.26. The van der Waals surface area contributed by atoms with Crippen molar-refractivity contribution in [3.05, 3.63) is 64.7 Å². The van der Waals surface area contributed by atoms with Crippen LogP contribution in [-0.4, -0.2) is 42.3 Å². The van der Waals surface area contributed by atoms with Gasteiger partial charge in [0, 0.05) is 10.9 Å². The second kappa shape index (κ2) is 8.79. The Hall–Kier alpha value is -2.12. The molecule has 2 heterocycles. The molecule has 0 saturated carbocycles. The zero-order valence-electron chi connectivity index (χ0n) is 18.2. The number of hydrogen-bond acceptors (Lipinski definition) is 4. The highest BCUT2D eigenvalue weighted by molar-refractivity contribution is 8.16. The molecule has 0 unspecified atom stereocenters. The molecular weight excluding hydrogens is 428 g/mol. The first-order valence-corrected chi connectivity index (χ1v) is 13.5. The summed E-state index contributed by atoms with van der Waals surface area (Å²) in [6.07, 6.45) is 1.90. The number of carbonyl (C=O) groups excluding carboxylic acids is 1. The molecule has 1 amide bonds. The molecule has 0 aliphatic carbocycles. The van der Waals surface area contributed by atoms with Crippen molar-refractivity contribution >= 4 is 38.4 Å². The summed E-state index contributed by atoms with van der Waals surface area (Å²) in [4.78, 5) is 19.4. The molecule has 2 atom stereocenters. The summed E-state index contributed by atoms with van der Waals surface area (Å²) in [7, 11) is -3.09. The van der Waals surface area contributed by atoms with Crippen LogP contribution >= 0.6 is 11.8 Å². The van der Waals surface area contributed by atoms with Gasteiger partial charge in [0.1, 0.15) is 0 Å². The standard InChI is InChI=1S/C24H28N2O3S2/c1-4-18-10-7-11-19(5-2)23(18)26-20-14-31(28,29)15-21(20)30-24(26)25-22(27)13-17-9-6-8-16(3)12-17/h6-12,20-21H,4-5,13-15H2,1-3H3/t20-,21-/m0/s1. The van der Waals surface area contributed by atoms with Gasteiger partial charge in [0.05, 0.1) is 24.0 Å². The number of benzene rings is 2. The van der Waals surface area contributed by atoms with Crippen molar-refractivity contribution in [3.8, 4) is 0 Å². The van der Waals surface area contributed by atoms with E-state index in [-0.39, 0.29) is 35.1 Å². The van der Waals surface area contributed by atoms with E-state index in [0.29, 0.717) is 5.17 Å². The van der Waals surface area contributed by atoms with Crippen molar-refractivity contribution < 1.29 is 13.2 Å². The lowest BCUT2D eigenvalue weighted by molar-refractivity contribution is -0.117. The van der Waals surface area contributed by atoms with Crippen LogP contribution in [0.2, 0.25) is 0 Å². The third kappa shape index (κ3) is 4.58. The molecule has 2 aliphatic rings. The predicted molar refractivity (Wildman–Crippen MR) is 129 cm³/mol. The number of hydrogen-bond donors (Lipinski definition) is 0. The maximum Gasteiger partial charge on any atom is 0.252 e. The highest BCUT2D eigenvalue weighted by atomic mass is 32.2. The van der Waals surface area contributed by atoms with Crippen LogP contribution in [0.15, 0.2) is 47.5 Å². The summed E-state index contributed by atoms with van der Waals surface area (Å²) in [5, 5.41) is 0.545. The molecule has 0 radical (unpaired) electrons. The van der Waals surface area contributed by atoms with E-state index in [1.807, 2.05) is 37.3 Å². The van der Waals surface area contributed by atoms with Gasteiger partial charge in [0.25, 0.3) is 5.91 Å². The Morgan fingerprint density at radius 3 is 2.42 bits per heavy atom. The van der Waals surface area contributed by atoms with Crippen LogP contribution in [0.5, 0.6) is 0 Å². The lowest BCUT2D eigenvalue weighted by atomic mass is 10.0. The summed E-state index contributed by atoms with van der Waals surface area (Å²) in [5.41, 5.74) is 5.40. The fourth-order valence-electron chi connectivity index (χ4n) is 4.49. The maximum absolute atomic E-state index is 12.9. The number of anilines is 1. The summed E-state index contributed by atoms with van der Waals surface area (Å²) >= 11 is 1.44. The molecule has 164 valence electrons. The molecule has 7 heteroatoms. The van der Waals surface area contributed by atoms with Crippen LogP contribution < -0.4 is 4.90 Å². The Morgan fingerprint density at radius 1 is 1.10 bits per heavy atom. The molecule has 2 aromatic carbocycles. The zero-order valence-corrected chi connectivity index (χ0v) is 19.8. The topological polar surface area (TPSA) is 66.8 Å². The van der Waals surface area contributed by atoms with Gasteiger partial charge in [-0.1, -0.05) is 73.6 Å². The van der Waals surface area contributed by atoms with Crippen molar-refractivity contribution in [1.82, 2.24) is 0 Å². The fourth-order valence-corrected chi connectivity index (χ4v) is 8.41. The third-order valence-electron chi connectivity index (χ3n) is 5.93. The minimum absolute atomic E-state index is 0.0925. The highest BCUT2D eigenvalue weighted by Crippen LogP contribution is 2.43. The Morgan fingerprint density at radius 2 is 1.77 bits per heavy atom. The number of carbonyl (C=O) groups is 1. The largest absolute Gasteiger partial charge is 0.315 e. The highest BCUT2D eigenvalue weighted by Gasteiger charge is 2.50. The van der Waals surface area contributed by atoms with Crippen LogP contribution in [0, 0.1) is 6.92 Å². The van der Waals surface area contributed by atoms with Gasteiger partial charge in [-0.2, -0.15) is 4.99 Å². The minimum Gasteiger partial charge on any atom is -0.315 e. The van der Waals surface area contributed by atoms with E-state index in [4.69, 9.17) is 0 Å². The molecule has 2 saturated heterocycles. The van der Waals surface area contributed by atoms with Gasteiger partial charge in [-0.3, -0.25) is 4.79 Å². The van der Waals surface area contributed by atoms with Gasteiger partial charge >= 0.3 is 0 Å². The molecule has 0 bridgehead atoms. The average Bonchev–Trinajstić information content (AvgIpc) is 3.17. The summed E-state index contributed by atoms with van der Waals surface area (Å²) in [6.45, 7) is 6.21. The molecule has 0 aromatic heterocycles. The van der Waals surface area contributed by atoms with Crippen molar-refractivity contribution in [1.29, 1.82) is 0 Å². The molecule has 5 nitrogen and oxygen atoms in total. The smallest absolute Gasteiger partial charge is 0.252 e. The Bertz CT molecular complexity index is 1120. The molecule has 31 heavy (non-hydrogen) atoms. The monoisotopic (exact) mass is 456 g/mol. The number of sulfone groups is 1. The van der Waals surface area contributed by atoms with Crippen LogP contribution in [0.4, 0.5) is 5.69 Å². The van der Waals surface area contributed by atoms with E-state index in [0.717, 1.165) is 40.8 Å². The Labute approximate surface area is 188 Å². The molecule has 2 aliphatic heterocycles. The SMILES string of the molecule is CCc1cccc(CC)c1N1C(=NC(=O)Cc2cccc(C)c2)S[C@H]2CS(=O)(=O)C[C@@H]21. The second-order valence-corrected chi connectivity index (χ2v) is 11.6. The lowest BCUT2D eigenvalue weighted by Crippen LogP contribution is -2.39. The lowest BCUT2D eigenvalue weighted by Gasteiger charge is -2.29. The molecule has 4 rings (SSSR count). The van der Waals surface area contributed by atoms with E-state index in [1.54, 1.807) is 0 Å². The number of rotatable bonds is 5. The van der Waals surface area contributed by atoms with Crippen molar-refractivity contribution in [3.63, 3.8) is 0 Å². The van der Waals surface area contributed by atoms with Gasteiger partial charge in [-0.15, -0.1) is 0 Å². The van der Waals surface area contributed by atoms with Crippen molar-refractivity contribution in [2.24, 2.45) is 4.99 Å².